The first-order chi connectivity index (χ1) is 4.63. The molecule has 4 nitrogen and oxygen atoms in total. The van der Waals surface area contributed by atoms with E-state index in [1.54, 1.807) is 0 Å². The van der Waals surface area contributed by atoms with Crippen LogP contribution in [-0.4, -0.2) is 38.0 Å². The number of nitrogens with one attached hydrogen (secondary N) is 1. The maximum absolute atomic E-state index is 5.18. The van der Waals surface area contributed by atoms with E-state index in [1.165, 1.54) is 0 Å². The summed E-state index contributed by atoms with van der Waals surface area (Å²) in [6.07, 6.45) is 1.06. The SMILES string of the molecule is CN(C)CCC[NH+]=C(N)N. The topological polar surface area (TPSA) is 69.2 Å². The first-order valence-corrected chi connectivity index (χ1v) is 3.39. The lowest BCUT2D eigenvalue weighted by molar-refractivity contribution is -0.459. The first kappa shape index (κ1) is 9.23. The number of guanidine groups is 1. The Morgan fingerprint density at radius 3 is 2.40 bits per heavy atom. The van der Waals surface area contributed by atoms with Gasteiger partial charge < -0.3 is 4.90 Å². The van der Waals surface area contributed by atoms with Gasteiger partial charge in [0.15, 0.2) is 0 Å². The Bertz CT molecular complexity index is 104. The van der Waals surface area contributed by atoms with Crippen LogP contribution in [0.2, 0.25) is 0 Å². The van der Waals surface area contributed by atoms with Gasteiger partial charge in [-0.25, -0.2) is 0 Å². The summed E-state index contributed by atoms with van der Waals surface area (Å²) in [6.45, 7) is 1.90. The van der Waals surface area contributed by atoms with Crippen molar-refractivity contribution >= 4 is 5.96 Å². The summed E-state index contributed by atoms with van der Waals surface area (Å²) in [5.74, 6) is 0.304. The lowest BCUT2D eigenvalue weighted by Crippen LogP contribution is -2.78. The van der Waals surface area contributed by atoms with E-state index in [2.05, 4.69) is 9.89 Å². The lowest BCUT2D eigenvalue weighted by atomic mass is 10.4. The maximum Gasteiger partial charge on any atom is 0.338 e. The summed E-state index contributed by atoms with van der Waals surface area (Å²) in [5.41, 5.74) is 10.4. The zero-order chi connectivity index (χ0) is 7.98. The van der Waals surface area contributed by atoms with Crippen LogP contribution in [0.5, 0.6) is 0 Å². The maximum atomic E-state index is 5.18. The second-order valence-electron chi connectivity index (χ2n) is 2.54. The third-order valence-corrected chi connectivity index (χ3v) is 1.11. The standard InChI is InChI=1S/C6H16N4/c1-10(2)5-3-4-9-6(7)8/h3-5H2,1-2H3,(H4,7,8,9)/p+1. The Labute approximate surface area is 61.9 Å². The van der Waals surface area contributed by atoms with E-state index in [9.17, 15) is 0 Å². The molecular weight excluding hydrogens is 128 g/mol. The van der Waals surface area contributed by atoms with Crippen molar-refractivity contribution in [1.82, 2.24) is 4.90 Å². The summed E-state index contributed by atoms with van der Waals surface area (Å²) < 4.78 is 0. The summed E-state index contributed by atoms with van der Waals surface area (Å²) in [7, 11) is 4.07. The molecule has 0 bridgehead atoms. The van der Waals surface area contributed by atoms with Crippen molar-refractivity contribution in [3.05, 3.63) is 0 Å². The van der Waals surface area contributed by atoms with Crippen molar-refractivity contribution < 1.29 is 4.99 Å². The number of rotatable bonds is 4. The molecule has 0 spiro atoms. The van der Waals surface area contributed by atoms with Crippen LogP contribution in [0.1, 0.15) is 6.42 Å². The fraction of sp³-hybridized carbons (Fsp3) is 0.833. The Morgan fingerprint density at radius 2 is 2.00 bits per heavy atom. The molecular formula is C6H17N4+. The van der Waals surface area contributed by atoms with Gasteiger partial charge >= 0.3 is 5.96 Å². The van der Waals surface area contributed by atoms with E-state index < -0.39 is 0 Å². The van der Waals surface area contributed by atoms with Gasteiger partial charge in [-0.15, -0.1) is 0 Å². The normalized spacial score (nSPS) is 9.90. The molecule has 0 heterocycles. The quantitative estimate of drug-likeness (QED) is 0.229. The first-order valence-electron chi connectivity index (χ1n) is 3.39. The fourth-order valence-corrected chi connectivity index (χ4v) is 0.628. The molecule has 0 aliphatic carbocycles. The zero-order valence-corrected chi connectivity index (χ0v) is 6.72. The molecule has 0 atom stereocenters. The summed E-state index contributed by atoms with van der Waals surface area (Å²) >= 11 is 0. The van der Waals surface area contributed by atoms with Crippen LogP contribution in [0, 0.1) is 0 Å². The molecule has 0 saturated carbocycles. The summed E-state index contributed by atoms with van der Waals surface area (Å²) in [6, 6.07) is 0. The highest BCUT2D eigenvalue weighted by atomic mass is 15.1. The summed E-state index contributed by atoms with van der Waals surface area (Å²) in [5, 5.41) is 0. The molecule has 0 unspecified atom stereocenters. The lowest BCUT2D eigenvalue weighted by Gasteiger charge is -2.05. The van der Waals surface area contributed by atoms with Gasteiger partial charge in [0, 0.05) is 6.54 Å². The third-order valence-electron chi connectivity index (χ3n) is 1.11. The predicted octanol–water partition coefficient (Wildman–Crippen LogP) is -2.71. The van der Waals surface area contributed by atoms with Gasteiger partial charge in [-0.2, -0.15) is 0 Å². The minimum absolute atomic E-state index is 0.304. The Hall–Kier alpha value is -0.770. The molecule has 0 aliphatic heterocycles. The molecule has 4 heteroatoms. The van der Waals surface area contributed by atoms with E-state index in [1.807, 2.05) is 14.1 Å². The molecule has 0 amide bonds. The fourth-order valence-electron chi connectivity index (χ4n) is 0.628. The van der Waals surface area contributed by atoms with Crippen molar-refractivity contribution in [1.29, 1.82) is 0 Å². The number of nitrogens with two attached hydrogens (primary N) is 2. The second kappa shape index (κ2) is 5.05. The molecule has 60 valence electrons. The largest absolute Gasteiger partial charge is 0.338 e. The second-order valence-corrected chi connectivity index (χ2v) is 2.54. The molecule has 0 rings (SSSR count). The zero-order valence-electron chi connectivity index (χ0n) is 6.72. The van der Waals surface area contributed by atoms with E-state index in [0.717, 1.165) is 19.5 Å². The van der Waals surface area contributed by atoms with Crippen LogP contribution in [-0.2, 0) is 0 Å². The molecule has 0 aromatic heterocycles. The third kappa shape index (κ3) is 7.23. The van der Waals surface area contributed by atoms with Crippen molar-refractivity contribution in [3.63, 3.8) is 0 Å². The van der Waals surface area contributed by atoms with Gasteiger partial charge in [-0.05, 0) is 20.5 Å². The number of hydrogen-bond acceptors (Lipinski definition) is 1. The molecule has 0 aromatic carbocycles. The highest BCUT2D eigenvalue weighted by molar-refractivity contribution is 5.69. The van der Waals surface area contributed by atoms with Crippen LogP contribution in [0.3, 0.4) is 0 Å². The minimum atomic E-state index is 0.304. The van der Waals surface area contributed by atoms with Crippen molar-refractivity contribution in [2.45, 2.75) is 6.42 Å². The Balaban J connectivity index is 3.13. The van der Waals surface area contributed by atoms with Gasteiger partial charge in [0.2, 0.25) is 0 Å². The summed E-state index contributed by atoms with van der Waals surface area (Å²) in [4.78, 5) is 4.97. The minimum Gasteiger partial charge on any atom is -0.309 e. The van der Waals surface area contributed by atoms with Crippen LogP contribution in [0.25, 0.3) is 0 Å². The van der Waals surface area contributed by atoms with Crippen LogP contribution >= 0.6 is 0 Å². The number of nitrogens with zero attached hydrogens (tertiary/aromatic N) is 1. The van der Waals surface area contributed by atoms with E-state index in [0.29, 0.717) is 5.96 Å². The van der Waals surface area contributed by atoms with Gasteiger partial charge in [0.25, 0.3) is 0 Å². The van der Waals surface area contributed by atoms with E-state index in [-0.39, 0.29) is 0 Å². The number of hydrogen-bond donors (Lipinski definition) is 3. The molecule has 0 radical (unpaired) electrons. The van der Waals surface area contributed by atoms with Crippen LogP contribution in [0.15, 0.2) is 0 Å². The Morgan fingerprint density at radius 1 is 1.40 bits per heavy atom. The molecule has 0 saturated heterocycles. The van der Waals surface area contributed by atoms with Gasteiger partial charge in [0.05, 0.1) is 6.54 Å². The van der Waals surface area contributed by atoms with Crippen molar-refractivity contribution in [2.24, 2.45) is 11.5 Å². The molecule has 0 aromatic rings. The molecule has 0 aliphatic rings. The highest BCUT2D eigenvalue weighted by Crippen LogP contribution is 1.75. The smallest absolute Gasteiger partial charge is 0.309 e. The average Bonchev–Trinajstić information content (AvgIpc) is 1.79. The molecule has 5 N–H and O–H groups in total. The van der Waals surface area contributed by atoms with Crippen molar-refractivity contribution in [3.8, 4) is 0 Å². The monoisotopic (exact) mass is 145 g/mol. The molecule has 0 fully saturated rings. The average molecular weight is 145 g/mol. The molecule has 10 heavy (non-hydrogen) atoms. The van der Waals surface area contributed by atoms with E-state index >= 15 is 0 Å². The van der Waals surface area contributed by atoms with Gasteiger partial charge in [-0.3, -0.25) is 16.5 Å². The highest BCUT2D eigenvalue weighted by Gasteiger charge is 1.89. The van der Waals surface area contributed by atoms with E-state index in [4.69, 9.17) is 11.5 Å². The van der Waals surface area contributed by atoms with Crippen LogP contribution in [0.4, 0.5) is 0 Å². The van der Waals surface area contributed by atoms with Crippen LogP contribution < -0.4 is 16.5 Å². The predicted molar refractivity (Wildman–Crippen MR) is 42.4 cm³/mol. The van der Waals surface area contributed by atoms with Crippen molar-refractivity contribution in [2.75, 3.05) is 27.2 Å². The van der Waals surface area contributed by atoms with Gasteiger partial charge in [-0.1, -0.05) is 0 Å². The Kier molecular flexibility index (Phi) is 4.66. The van der Waals surface area contributed by atoms with Gasteiger partial charge in [0.1, 0.15) is 0 Å².